The van der Waals surface area contributed by atoms with Crippen LogP contribution in [-0.2, 0) is 14.3 Å². The first kappa shape index (κ1) is 30.2. The Morgan fingerprint density at radius 1 is 1.18 bits per heavy atom. The van der Waals surface area contributed by atoms with Crippen LogP contribution in [0.1, 0.15) is 67.1 Å². The fourth-order valence-electron chi connectivity index (χ4n) is 5.09. The van der Waals surface area contributed by atoms with Crippen molar-refractivity contribution < 1.29 is 38.4 Å². The zero-order chi connectivity index (χ0) is 28.6. The standard InChI is InChI=1S/C29H40N2O8/c1-19-23(17-24(36-4)25(21(3)32)26(19)37-5)20(2)31(13-16-39-18-22-9-7-6-8-10-22)28(35)30-29(27(33)34)11-14-38-15-12-29/h7,9-10,17,20H,6,8,11-16,18H2,1-5H3,(H,30,35)(H,33,34). The minimum atomic E-state index is -1.42. The number of ketones is 1. The fourth-order valence-corrected chi connectivity index (χ4v) is 5.09. The molecule has 1 aliphatic carbocycles. The van der Waals surface area contributed by atoms with E-state index in [2.05, 4.69) is 17.5 Å². The van der Waals surface area contributed by atoms with E-state index in [0.29, 0.717) is 34.8 Å². The molecule has 0 spiro atoms. The number of Topliss-reactive ketones (excluding diaryl/α,β-unsaturated/α-hetero) is 1. The van der Waals surface area contributed by atoms with Crippen molar-refractivity contribution >= 4 is 17.8 Å². The zero-order valence-corrected chi connectivity index (χ0v) is 23.5. The predicted octanol–water partition coefficient (Wildman–Crippen LogP) is 4.21. The van der Waals surface area contributed by atoms with Crippen LogP contribution in [0.15, 0.2) is 29.9 Å². The molecule has 0 bridgehead atoms. The maximum absolute atomic E-state index is 13.7. The van der Waals surface area contributed by atoms with Crippen LogP contribution in [-0.4, -0.2) is 80.5 Å². The van der Waals surface area contributed by atoms with E-state index in [1.54, 1.807) is 11.0 Å². The third-order valence-corrected chi connectivity index (χ3v) is 7.41. The summed E-state index contributed by atoms with van der Waals surface area (Å²) in [5.74, 6) is -0.582. The van der Waals surface area contributed by atoms with Crippen LogP contribution in [0, 0.1) is 6.92 Å². The molecule has 2 amide bonds. The number of nitrogens with zero attached hydrogens (tertiary/aromatic N) is 1. The molecule has 2 aliphatic rings. The van der Waals surface area contributed by atoms with Gasteiger partial charge in [-0.05, 0) is 56.4 Å². The average Bonchev–Trinajstić information content (AvgIpc) is 2.93. The average molecular weight is 545 g/mol. The highest BCUT2D eigenvalue weighted by molar-refractivity contribution is 6.00. The van der Waals surface area contributed by atoms with Crippen LogP contribution < -0.4 is 14.8 Å². The Labute approximate surface area is 229 Å². The molecule has 10 nitrogen and oxygen atoms in total. The van der Waals surface area contributed by atoms with Crippen molar-refractivity contribution in [1.29, 1.82) is 0 Å². The summed E-state index contributed by atoms with van der Waals surface area (Å²) < 4.78 is 22.4. The first-order chi connectivity index (χ1) is 18.6. The van der Waals surface area contributed by atoms with Crippen molar-refractivity contribution in [2.75, 3.05) is 47.2 Å². The van der Waals surface area contributed by atoms with Crippen LogP contribution >= 0.6 is 0 Å². The SMILES string of the molecule is COc1cc(C(C)N(CCOCC2=CCCC=C2)C(=O)NC2(C(=O)O)CCOCC2)c(C)c(OC)c1C(C)=O. The van der Waals surface area contributed by atoms with Gasteiger partial charge in [0.15, 0.2) is 5.78 Å². The molecular formula is C29H40N2O8. The van der Waals surface area contributed by atoms with Crippen LogP contribution in [0.3, 0.4) is 0 Å². The molecule has 214 valence electrons. The van der Waals surface area contributed by atoms with E-state index in [1.807, 2.05) is 19.9 Å². The molecule has 1 fully saturated rings. The Hall–Kier alpha value is -3.37. The van der Waals surface area contributed by atoms with Crippen molar-refractivity contribution in [3.8, 4) is 11.5 Å². The molecule has 0 aromatic heterocycles. The van der Waals surface area contributed by atoms with E-state index in [0.717, 1.165) is 18.4 Å². The van der Waals surface area contributed by atoms with Crippen LogP contribution in [0.5, 0.6) is 11.5 Å². The third kappa shape index (κ3) is 6.99. The maximum Gasteiger partial charge on any atom is 0.329 e. The van der Waals surface area contributed by atoms with Gasteiger partial charge in [-0.15, -0.1) is 0 Å². The number of nitrogens with one attached hydrogen (secondary N) is 1. The van der Waals surface area contributed by atoms with Crippen molar-refractivity contribution in [2.24, 2.45) is 0 Å². The molecule has 10 heteroatoms. The number of urea groups is 1. The highest BCUT2D eigenvalue weighted by atomic mass is 16.5. The number of rotatable bonds is 12. The lowest BCUT2D eigenvalue weighted by Gasteiger charge is -2.38. The second-order valence-electron chi connectivity index (χ2n) is 9.87. The molecule has 39 heavy (non-hydrogen) atoms. The summed E-state index contributed by atoms with van der Waals surface area (Å²) in [7, 11) is 2.95. The van der Waals surface area contributed by atoms with Gasteiger partial charge in [-0.3, -0.25) is 4.79 Å². The summed E-state index contributed by atoms with van der Waals surface area (Å²) in [5, 5.41) is 12.8. The van der Waals surface area contributed by atoms with Gasteiger partial charge in [0.1, 0.15) is 22.6 Å². The number of amides is 2. The molecule has 1 aliphatic heterocycles. The van der Waals surface area contributed by atoms with E-state index in [1.165, 1.54) is 21.1 Å². The van der Waals surface area contributed by atoms with Crippen LogP contribution in [0.2, 0.25) is 0 Å². The largest absolute Gasteiger partial charge is 0.496 e. The molecule has 1 heterocycles. The van der Waals surface area contributed by atoms with Crippen molar-refractivity contribution in [3.05, 3.63) is 46.6 Å². The Kier molecular flexibility index (Phi) is 10.5. The summed E-state index contributed by atoms with van der Waals surface area (Å²) in [6.07, 6.45) is 8.60. The number of benzene rings is 1. The molecule has 1 unspecified atom stereocenters. The van der Waals surface area contributed by atoms with E-state index >= 15 is 0 Å². The molecule has 1 atom stereocenters. The number of ether oxygens (including phenoxy) is 4. The minimum Gasteiger partial charge on any atom is -0.496 e. The maximum atomic E-state index is 13.7. The molecule has 0 saturated carbocycles. The monoisotopic (exact) mass is 544 g/mol. The molecular weight excluding hydrogens is 504 g/mol. The number of carbonyl (C=O) groups is 3. The lowest BCUT2D eigenvalue weighted by atomic mass is 9.90. The number of hydrogen-bond acceptors (Lipinski definition) is 7. The second-order valence-corrected chi connectivity index (χ2v) is 9.87. The summed E-state index contributed by atoms with van der Waals surface area (Å²) in [6.45, 7) is 6.46. The highest BCUT2D eigenvalue weighted by Gasteiger charge is 2.43. The number of carbonyl (C=O) groups excluding carboxylic acids is 2. The summed E-state index contributed by atoms with van der Waals surface area (Å²) >= 11 is 0. The predicted molar refractivity (Wildman–Crippen MR) is 146 cm³/mol. The molecule has 3 rings (SSSR count). The summed E-state index contributed by atoms with van der Waals surface area (Å²) in [6, 6.07) is 0.677. The highest BCUT2D eigenvalue weighted by Crippen LogP contribution is 2.39. The van der Waals surface area contributed by atoms with Gasteiger partial charge < -0.3 is 34.3 Å². The topological polar surface area (TPSA) is 124 Å². The van der Waals surface area contributed by atoms with E-state index < -0.39 is 23.6 Å². The van der Waals surface area contributed by atoms with Gasteiger partial charge in [-0.1, -0.05) is 18.2 Å². The lowest BCUT2D eigenvalue weighted by Crippen LogP contribution is -2.60. The van der Waals surface area contributed by atoms with E-state index in [-0.39, 0.29) is 45.0 Å². The van der Waals surface area contributed by atoms with Gasteiger partial charge in [-0.25, -0.2) is 9.59 Å². The number of aliphatic carboxylic acids is 1. The zero-order valence-electron chi connectivity index (χ0n) is 23.5. The second kappa shape index (κ2) is 13.6. The smallest absolute Gasteiger partial charge is 0.329 e. The van der Waals surface area contributed by atoms with Gasteiger partial charge >= 0.3 is 12.0 Å². The van der Waals surface area contributed by atoms with Gasteiger partial charge in [-0.2, -0.15) is 0 Å². The number of hydrogen-bond donors (Lipinski definition) is 2. The van der Waals surface area contributed by atoms with Crippen molar-refractivity contribution in [3.63, 3.8) is 0 Å². The first-order valence-electron chi connectivity index (χ1n) is 13.2. The summed E-state index contributed by atoms with van der Waals surface area (Å²) in [4.78, 5) is 39.9. The van der Waals surface area contributed by atoms with Crippen molar-refractivity contribution in [2.45, 2.75) is 58.0 Å². The number of carboxylic acids is 1. The van der Waals surface area contributed by atoms with Gasteiger partial charge in [0.2, 0.25) is 0 Å². The quantitative estimate of drug-likeness (QED) is 0.296. The van der Waals surface area contributed by atoms with Gasteiger partial charge in [0, 0.05) is 32.6 Å². The van der Waals surface area contributed by atoms with E-state index in [4.69, 9.17) is 18.9 Å². The minimum absolute atomic E-state index is 0.168. The van der Waals surface area contributed by atoms with Crippen LogP contribution in [0.25, 0.3) is 0 Å². The number of allylic oxidation sites excluding steroid dienone is 2. The van der Waals surface area contributed by atoms with Gasteiger partial charge in [0.05, 0.1) is 33.5 Å². The molecule has 1 saturated heterocycles. The van der Waals surface area contributed by atoms with E-state index in [9.17, 15) is 19.5 Å². The molecule has 1 aromatic rings. The Balaban J connectivity index is 1.92. The molecule has 1 aromatic carbocycles. The first-order valence-corrected chi connectivity index (χ1v) is 13.2. The fraction of sp³-hybridized carbons (Fsp3) is 0.552. The summed E-state index contributed by atoms with van der Waals surface area (Å²) in [5.41, 5.74) is 1.38. The lowest BCUT2D eigenvalue weighted by molar-refractivity contribution is -0.148. The number of carboxylic acid groups (broad SMARTS) is 1. The molecule has 0 radical (unpaired) electrons. The normalized spacial score (nSPS) is 17.1. The Bertz CT molecular complexity index is 1120. The number of methoxy groups -OCH3 is 2. The van der Waals surface area contributed by atoms with Crippen LogP contribution in [0.4, 0.5) is 4.79 Å². The van der Waals surface area contributed by atoms with Crippen molar-refractivity contribution in [1.82, 2.24) is 10.2 Å². The van der Waals surface area contributed by atoms with Gasteiger partial charge in [0.25, 0.3) is 0 Å². The Morgan fingerprint density at radius 3 is 2.46 bits per heavy atom. The third-order valence-electron chi connectivity index (χ3n) is 7.41. The Morgan fingerprint density at radius 2 is 1.90 bits per heavy atom. The molecule has 2 N–H and O–H groups in total.